The molecule has 0 heterocycles. The summed E-state index contributed by atoms with van der Waals surface area (Å²) in [4.78, 5) is 10.4. The minimum Gasteiger partial charge on any atom is -0.333 e. The number of hydrogen-bond donors (Lipinski definition) is 1. The van der Waals surface area contributed by atoms with Gasteiger partial charge in [0, 0.05) is 13.1 Å². The minimum atomic E-state index is -0.0550. The Bertz CT molecular complexity index is 180. The molecular formula is C8H13NO. The number of rotatable bonds is 2. The highest BCUT2D eigenvalue weighted by Gasteiger charge is 1.88. The molecule has 1 N–H and O–H groups in total. The summed E-state index contributed by atoms with van der Waals surface area (Å²) in [7, 11) is 0. The molecule has 0 aromatic rings. The predicted octanol–water partition coefficient (Wildman–Crippen LogP) is 1.60. The number of allylic oxidation sites excluding steroid dienone is 2. The summed E-state index contributed by atoms with van der Waals surface area (Å²) in [6.07, 6.45) is 1.66. The van der Waals surface area contributed by atoms with E-state index in [1.54, 1.807) is 6.20 Å². The molecule has 2 heteroatoms. The van der Waals surface area contributed by atoms with E-state index in [4.69, 9.17) is 0 Å². The summed E-state index contributed by atoms with van der Waals surface area (Å²) in [5, 5.41) is 2.56. The first-order valence-corrected chi connectivity index (χ1v) is 3.14. The third-order valence-electron chi connectivity index (χ3n) is 1.17. The van der Waals surface area contributed by atoms with E-state index in [1.165, 1.54) is 6.92 Å². The van der Waals surface area contributed by atoms with Crippen molar-refractivity contribution in [1.29, 1.82) is 0 Å². The van der Waals surface area contributed by atoms with Crippen molar-refractivity contribution in [3.63, 3.8) is 0 Å². The van der Waals surface area contributed by atoms with Crippen LogP contribution in [-0.2, 0) is 4.79 Å². The quantitative estimate of drug-likeness (QED) is 0.578. The predicted molar refractivity (Wildman–Crippen MR) is 42.4 cm³/mol. The molecule has 0 fully saturated rings. The molecule has 10 heavy (non-hydrogen) atoms. The molecule has 0 saturated carbocycles. The molecule has 0 saturated heterocycles. The van der Waals surface area contributed by atoms with Gasteiger partial charge < -0.3 is 5.32 Å². The molecule has 2 nitrogen and oxygen atoms in total. The normalized spacial score (nSPS) is 10.9. The smallest absolute Gasteiger partial charge is 0.220 e. The van der Waals surface area contributed by atoms with Gasteiger partial charge in [-0.3, -0.25) is 4.79 Å². The zero-order valence-electron chi connectivity index (χ0n) is 6.69. The van der Waals surface area contributed by atoms with Crippen molar-refractivity contribution in [3.05, 3.63) is 23.9 Å². The van der Waals surface area contributed by atoms with Gasteiger partial charge in [-0.1, -0.05) is 12.2 Å². The standard InChI is InChI=1S/C8H13NO/c1-6(2)7(3)5-9-8(4)10/h5H,1H2,2-4H3,(H,9,10)/b7-5-. The maximum absolute atomic E-state index is 10.4. The maximum atomic E-state index is 10.4. The van der Waals surface area contributed by atoms with E-state index in [9.17, 15) is 4.79 Å². The number of carbonyl (C=O) groups is 1. The van der Waals surface area contributed by atoms with Gasteiger partial charge in [0.15, 0.2) is 0 Å². The van der Waals surface area contributed by atoms with E-state index < -0.39 is 0 Å². The third kappa shape index (κ3) is 3.89. The van der Waals surface area contributed by atoms with E-state index in [-0.39, 0.29) is 5.91 Å². The molecular weight excluding hydrogens is 126 g/mol. The van der Waals surface area contributed by atoms with E-state index in [0.29, 0.717) is 0 Å². The lowest BCUT2D eigenvalue weighted by Gasteiger charge is -1.98. The number of hydrogen-bond acceptors (Lipinski definition) is 1. The van der Waals surface area contributed by atoms with Crippen molar-refractivity contribution in [2.45, 2.75) is 20.8 Å². The molecule has 56 valence electrons. The topological polar surface area (TPSA) is 29.1 Å². The van der Waals surface area contributed by atoms with Crippen LogP contribution in [0.25, 0.3) is 0 Å². The number of nitrogens with one attached hydrogen (secondary N) is 1. The van der Waals surface area contributed by atoms with Crippen molar-refractivity contribution in [1.82, 2.24) is 5.32 Å². The summed E-state index contributed by atoms with van der Waals surface area (Å²) in [6.45, 7) is 8.99. The van der Waals surface area contributed by atoms with Gasteiger partial charge in [0.05, 0.1) is 0 Å². The molecule has 0 radical (unpaired) electrons. The second-order valence-corrected chi connectivity index (χ2v) is 2.31. The van der Waals surface area contributed by atoms with Crippen LogP contribution in [0.5, 0.6) is 0 Å². The highest BCUT2D eigenvalue weighted by Crippen LogP contribution is 2.01. The van der Waals surface area contributed by atoms with Crippen molar-refractivity contribution >= 4 is 5.91 Å². The second-order valence-electron chi connectivity index (χ2n) is 2.31. The van der Waals surface area contributed by atoms with E-state index >= 15 is 0 Å². The summed E-state index contributed by atoms with van der Waals surface area (Å²) in [5.74, 6) is -0.0550. The zero-order chi connectivity index (χ0) is 8.15. The van der Waals surface area contributed by atoms with Crippen LogP contribution in [0, 0.1) is 0 Å². The second kappa shape index (κ2) is 3.88. The monoisotopic (exact) mass is 139 g/mol. The third-order valence-corrected chi connectivity index (χ3v) is 1.17. The molecule has 0 atom stereocenters. The lowest BCUT2D eigenvalue weighted by molar-refractivity contribution is -0.118. The summed E-state index contributed by atoms with van der Waals surface area (Å²) in [5.41, 5.74) is 1.96. The molecule has 0 rings (SSSR count). The minimum absolute atomic E-state index is 0.0550. The molecule has 0 aromatic carbocycles. The number of amides is 1. The van der Waals surface area contributed by atoms with Gasteiger partial charge in [0.2, 0.25) is 5.91 Å². The van der Waals surface area contributed by atoms with Gasteiger partial charge in [0.1, 0.15) is 0 Å². The van der Waals surface area contributed by atoms with Gasteiger partial charge in [0.25, 0.3) is 0 Å². The molecule has 1 amide bonds. The Kier molecular flexibility index (Phi) is 3.47. The van der Waals surface area contributed by atoms with Crippen LogP contribution in [0.4, 0.5) is 0 Å². The maximum Gasteiger partial charge on any atom is 0.220 e. The Morgan fingerprint density at radius 3 is 2.20 bits per heavy atom. The first kappa shape index (κ1) is 8.95. The molecule has 0 aliphatic heterocycles. The van der Waals surface area contributed by atoms with E-state index in [2.05, 4.69) is 11.9 Å². The Labute approximate surface area is 61.6 Å². The Morgan fingerprint density at radius 1 is 1.40 bits per heavy atom. The van der Waals surface area contributed by atoms with Gasteiger partial charge in [-0.15, -0.1) is 0 Å². The summed E-state index contributed by atoms with van der Waals surface area (Å²) < 4.78 is 0. The van der Waals surface area contributed by atoms with Crippen molar-refractivity contribution in [2.24, 2.45) is 0 Å². The largest absolute Gasteiger partial charge is 0.333 e. The fourth-order valence-electron chi connectivity index (χ4n) is 0.333. The van der Waals surface area contributed by atoms with Crippen LogP contribution >= 0.6 is 0 Å². The first-order chi connectivity index (χ1) is 4.54. The average Bonchev–Trinajstić information content (AvgIpc) is 1.82. The molecule has 0 spiro atoms. The lowest BCUT2D eigenvalue weighted by Crippen LogP contribution is -2.12. The molecule has 0 aliphatic rings. The van der Waals surface area contributed by atoms with Crippen LogP contribution in [-0.4, -0.2) is 5.91 Å². The fourth-order valence-corrected chi connectivity index (χ4v) is 0.333. The van der Waals surface area contributed by atoms with Gasteiger partial charge in [-0.2, -0.15) is 0 Å². The van der Waals surface area contributed by atoms with Gasteiger partial charge in [-0.25, -0.2) is 0 Å². The highest BCUT2D eigenvalue weighted by molar-refractivity contribution is 5.74. The van der Waals surface area contributed by atoms with Crippen molar-refractivity contribution in [2.75, 3.05) is 0 Å². The first-order valence-electron chi connectivity index (χ1n) is 3.14. The zero-order valence-corrected chi connectivity index (χ0v) is 6.69. The molecule has 0 bridgehead atoms. The van der Waals surface area contributed by atoms with Crippen molar-refractivity contribution in [3.8, 4) is 0 Å². The fraction of sp³-hybridized carbons (Fsp3) is 0.375. The summed E-state index contributed by atoms with van der Waals surface area (Å²) in [6, 6.07) is 0. The average molecular weight is 139 g/mol. The molecule has 0 unspecified atom stereocenters. The van der Waals surface area contributed by atoms with Crippen LogP contribution < -0.4 is 5.32 Å². The van der Waals surface area contributed by atoms with E-state index in [1.807, 2.05) is 13.8 Å². The number of carbonyl (C=O) groups excluding carboxylic acids is 1. The Balaban J connectivity index is 3.92. The van der Waals surface area contributed by atoms with Gasteiger partial charge in [-0.05, 0) is 19.4 Å². The van der Waals surface area contributed by atoms with Gasteiger partial charge >= 0.3 is 0 Å². The van der Waals surface area contributed by atoms with Crippen LogP contribution in [0.3, 0.4) is 0 Å². The van der Waals surface area contributed by atoms with Crippen LogP contribution in [0.15, 0.2) is 23.9 Å². The highest BCUT2D eigenvalue weighted by atomic mass is 16.1. The van der Waals surface area contributed by atoms with E-state index in [0.717, 1.165) is 11.1 Å². The summed E-state index contributed by atoms with van der Waals surface area (Å²) >= 11 is 0. The molecule has 0 aromatic heterocycles. The Hall–Kier alpha value is -1.05. The van der Waals surface area contributed by atoms with Crippen molar-refractivity contribution < 1.29 is 4.79 Å². The van der Waals surface area contributed by atoms with Crippen LogP contribution in [0.1, 0.15) is 20.8 Å². The SMILES string of the molecule is C=C(C)/C(C)=C\NC(C)=O. The molecule has 0 aliphatic carbocycles. The van der Waals surface area contributed by atoms with Crippen LogP contribution in [0.2, 0.25) is 0 Å². The lowest BCUT2D eigenvalue weighted by atomic mass is 10.2. The Morgan fingerprint density at radius 2 is 1.90 bits per heavy atom.